The maximum atomic E-state index is 13.7. The van der Waals surface area contributed by atoms with E-state index in [0.717, 1.165) is 0 Å². The summed E-state index contributed by atoms with van der Waals surface area (Å²) in [5.74, 6) is -3.97. The number of amides is 1. The van der Waals surface area contributed by atoms with E-state index in [1.54, 1.807) is 18.3 Å². The van der Waals surface area contributed by atoms with Crippen molar-refractivity contribution in [2.24, 2.45) is 11.1 Å². The lowest BCUT2D eigenvalue weighted by Gasteiger charge is -2.40. The maximum Gasteiger partial charge on any atom is 0.317 e. The summed E-state index contributed by atoms with van der Waals surface area (Å²) in [6.07, 6.45) is 1.60. The number of morpholine rings is 1. The normalized spacial score (nSPS) is 22.9. The topological polar surface area (TPSA) is 179 Å². The van der Waals surface area contributed by atoms with Gasteiger partial charge in [0.2, 0.25) is 5.95 Å². The minimum absolute atomic E-state index is 0.0895. The van der Waals surface area contributed by atoms with Crippen molar-refractivity contribution in [3.8, 4) is 28.7 Å². The fourth-order valence-electron chi connectivity index (χ4n) is 4.33. The van der Waals surface area contributed by atoms with E-state index in [-0.39, 0.29) is 19.0 Å². The number of anilines is 1. The number of aromatic amines is 1. The molecule has 3 aromatic rings. The molecule has 0 radical (unpaired) electrons. The highest BCUT2D eigenvalue weighted by Crippen LogP contribution is 2.39. The van der Waals surface area contributed by atoms with Gasteiger partial charge in [0.25, 0.3) is 5.91 Å². The number of ether oxygens (including phenoxy) is 4. The number of nitrogens with two attached hydrogens (primary N) is 1. The summed E-state index contributed by atoms with van der Waals surface area (Å²) in [4.78, 5) is 44.0. The number of carbonyl (C=O) groups is 2. The summed E-state index contributed by atoms with van der Waals surface area (Å²) in [6.45, 7) is 2.78. The standard InChI is InChI=1S/C26H26FN7O6/c1-25(23(36)38-11-7-28)14-39-26(21(29)35,40-15-25)22-32-19(16-2-4-17(27)5-3-16)20(33-22)18-6-8-30-24(31-18)34-9-12-37-13-10-34/h2-6,8H,9-15H2,1H3,(H2,29,35)(H,32,33). The zero-order valence-electron chi connectivity index (χ0n) is 21.6. The SMILES string of the molecule is CC1(C(=O)OCC#N)COC(C(N)=O)(c2nc(-c3ccc(F)cc3)c(-c3ccnc(N4CCOCC4)n3)[nH]2)OC1. The van der Waals surface area contributed by atoms with Gasteiger partial charge in [-0.05, 0) is 37.3 Å². The van der Waals surface area contributed by atoms with E-state index in [0.29, 0.717) is 54.9 Å². The maximum absolute atomic E-state index is 13.7. The summed E-state index contributed by atoms with van der Waals surface area (Å²) >= 11 is 0. The quantitative estimate of drug-likeness (QED) is 0.404. The van der Waals surface area contributed by atoms with Crippen LogP contribution in [0.4, 0.5) is 10.3 Å². The van der Waals surface area contributed by atoms with Crippen LogP contribution >= 0.6 is 0 Å². The highest BCUT2D eigenvalue weighted by molar-refractivity contribution is 5.85. The summed E-state index contributed by atoms with van der Waals surface area (Å²) in [6, 6.07) is 9.01. The predicted octanol–water partition coefficient (Wildman–Crippen LogP) is 1.27. The van der Waals surface area contributed by atoms with Gasteiger partial charge in [0.15, 0.2) is 12.4 Å². The van der Waals surface area contributed by atoms with Crippen molar-refractivity contribution in [3.63, 3.8) is 0 Å². The molecule has 2 aliphatic heterocycles. The lowest BCUT2D eigenvalue weighted by molar-refractivity contribution is -0.293. The molecule has 1 aromatic carbocycles. The van der Waals surface area contributed by atoms with Crippen molar-refractivity contribution in [2.75, 3.05) is 51.0 Å². The Labute approximate surface area is 228 Å². The largest absolute Gasteiger partial charge is 0.450 e. The van der Waals surface area contributed by atoms with E-state index in [1.807, 2.05) is 4.90 Å². The first kappa shape index (κ1) is 27.1. The van der Waals surface area contributed by atoms with Gasteiger partial charge < -0.3 is 34.6 Å². The van der Waals surface area contributed by atoms with Gasteiger partial charge in [-0.3, -0.25) is 9.59 Å². The van der Waals surface area contributed by atoms with E-state index in [4.69, 9.17) is 34.9 Å². The number of hydrogen-bond acceptors (Lipinski definition) is 11. The van der Waals surface area contributed by atoms with Crippen LogP contribution in [-0.2, 0) is 34.3 Å². The van der Waals surface area contributed by atoms with Crippen molar-refractivity contribution in [1.82, 2.24) is 19.9 Å². The number of H-pyrrole nitrogens is 1. The molecule has 0 bridgehead atoms. The number of halogens is 1. The number of hydrogen-bond donors (Lipinski definition) is 2. The molecule has 1 amide bonds. The van der Waals surface area contributed by atoms with E-state index in [9.17, 15) is 14.0 Å². The lowest BCUT2D eigenvalue weighted by Crippen LogP contribution is -2.56. The number of aromatic nitrogens is 4. The van der Waals surface area contributed by atoms with E-state index in [2.05, 4.69) is 15.0 Å². The smallest absolute Gasteiger partial charge is 0.317 e. The van der Waals surface area contributed by atoms with E-state index in [1.165, 1.54) is 31.2 Å². The summed E-state index contributed by atoms with van der Waals surface area (Å²) in [5, 5.41) is 8.72. The minimum Gasteiger partial charge on any atom is -0.450 e. The van der Waals surface area contributed by atoms with Crippen LogP contribution in [0.1, 0.15) is 12.7 Å². The van der Waals surface area contributed by atoms with Crippen LogP contribution in [0.2, 0.25) is 0 Å². The molecule has 2 aromatic heterocycles. The lowest BCUT2D eigenvalue weighted by atomic mass is 9.91. The predicted molar refractivity (Wildman–Crippen MR) is 135 cm³/mol. The Hall–Kier alpha value is -4.45. The fraction of sp³-hybridized carbons (Fsp3) is 0.385. The Kier molecular flexibility index (Phi) is 7.44. The molecule has 0 aliphatic carbocycles. The number of primary amides is 1. The van der Waals surface area contributed by atoms with Crippen molar-refractivity contribution < 1.29 is 32.9 Å². The molecule has 2 saturated heterocycles. The average Bonchev–Trinajstić information content (AvgIpc) is 3.43. The third-order valence-corrected chi connectivity index (χ3v) is 6.60. The van der Waals surface area contributed by atoms with E-state index < -0.39 is 35.5 Å². The van der Waals surface area contributed by atoms with Crippen LogP contribution in [0.5, 0.6) is 0 Å². The molecule has 4 heterocycles. The number of nitriles is 1. The molecule has 13 nitrogen and oxygen atoms in total. The van der Waals surface area contributed by atoms with E-state index >= 15 is 0 Å². The van der Waals surface area contributed by atoms with Crippen LogP contribution in [0, 0.1) is 22.6 Å². The first-order chi connectivity index (χ1) is 19.3. The minimum atomic E-state index is -2.18. The molecular formula is C26H26FN7O6. The Bertz CT molecular complexity index is 1440. The highest BCUT2D eigenvalue weighted by Gasteiger charge is 2.54. The Morgan fingerprint density at radius 3 is 2.52 bits per heavy atom. The molecule has 5 rings (SSSR count). The third-order valence-electron chi connectivity index (χ3n) is 6.60. The first-order valence-electron chi connectivity index (χ1n) is 12.4. The van der Waals surface area contributed by atoms with Crippen molar-refractivity contribution in [2.45, 2.75) is 12.7 Å². The van der Waals surface area contributed by atoms with Crippen molar-refractivity contribution in [3.05, 3.63) is 48.2 Å². The zero-order valence-corrected chi connectivity index (χ0v) is 21.6. The van der Waals surface area contributed by atoms with Crippen molar-refractivity contribution in [1.29, 1.82) is 5.26 Å². The number of benzene rings is 1. The monoisotopic (exact) mass is 551 g/mol. The molecule has 3 N–H and O–H groups in total. The molecule has 0 spiro atoms. The molecule has 208 valence electrons. The van der Waals surface area contributed by atoms with Gasteiger partial charge in [-0.2, -0.15) is 5.26 Å². The van der Waals surface area contributed by atoms with Crippen LogP contribution in [0.3, 0.4) is 0 Å². The molecule has 40 heavy (non-hydrogen) atoms. The second-order valence-corrected chi connectivity index (χ2v) is 9.51. The summed E-state index contributed by atoms with van der Waals surface area (Å²) < 4.78 is 35.7. The second kappa shape index (κ2) is 11.0. The van der Waals surface area contributed by atoms with Gasteiger partial charge in [0.05, 0.1) is 43.5 Å². The molecule has 2 aliphatic rings. The number of nitrogens with one attached hydrogen (secondary N) is 1. The van der Waals surface area contributed by atoms with Gasteiger partial charge in [-0.1, -0.05) is 0 Å². The van der Waals surface area contributed by atoms with Crippen molar-refractivity contribution >= 4 is 17.8 Å². The first-order valence-corrected chi connectivity index (χ1v) is 12.4. The van der Waals surface area contributed by atoms with Crippen LogP contribution in [0.15, 0.2) is 36.5 Å². The van der Waals surface area contributed by atoms with Gasteiger partial charge in [-0.25, -0.2) is 19.3 Å². The molecule has 14 heteroatoms. The number of esters is 1. The summed E-state index contributed by atoms with van der Waals surface area (Å²) in [7, 11) is 0. The van der Waals surface area contributed by atoms with Gasteiger partial charge in [0.1, 0.15) is 17.3 Å². The Balaban J connectivity index is 1.55. The third kappa shape index (κ3) is 5.09. The fourth-order valence-corrected chi connectivity index (χ4v) is 4.33. The van der Waals surface area contributed by atoms with Crippen LogP contribution < -0.4 is 10.6 Å². The average molecular weight is 552 g/mol. The number of carbonyl (C=O) groups excluding carboxylic acids is 2. The molecular weight excluding hydrogens is 525 g/mol. The second-order valence-electron chi connectivity index (χ2n) is 9.51. The number of nitrogens with zero attached hydrogens (tertiary/aromatic N) is 5. The number of rotatable bonds is 7. The van der Waals surface area contributed by atoms with Crippen LogP contribution in [-0.4, -0.2) is 77.9 Å². The Morgan fingerprint density at radius 1 is 1.18 bits per heavy atom. The Morgan fingerprint density at radius 2 is 1.88 bits per heavy atom. The van der Waals surface area contributed by atoms with Gasteiger partial charge in [-0.15, -0.1) is 0 Å². The van der Waals surface area contributed by atoms with Gasteiger partial charge >= 0.3 is 11.8 Å². The number of imidazole rings is 1. The molecule has 0 unspecified atom stereocenters. The van der Waals surface area contributed by atoms with Crippen LogP contribution in [0.25, 0.3) is 22.6 Å². The highest BCUT2D eigenvalue weighted by atomic mass is 19.1. The zero-order chi connectivity index (χ0) is 28.3. The molecule has 2 fully saturated rings. The molecule has 0 saturated carbocycles. The van der Waals surface area contributed by atoms with Gasteiger partial charge in [0, 0.05) is 24.8 Å². The molecule has 0 atom stereocenters. The summed E-state index contributed by atoms with van der Waals surface area (Å²) in [5.41, 5.74) is 6.13.